The van der Waals surface area contributed by atoms with Crippen LogP contribution in [0.5, 0.6) is 0 Å². The number of rotatable bonds is 3. The van der Waals surface area contributed by atoms with Crippen LogP contribution in [-0.2, 0) is 9.53 Å². The van der Waals surface area contributed by atoms with Gasteiger partial charge in [-0.05, 0) is 11.6 Å². The van der Waals surface area contributed by atoms with Crippen LogP contribution in [0.1, 0.15) is 11.6 Å². The lowest BCUT2D eigenvalue weighted by molar-refractivity contribution is -0.136. The number of amides is 2. The van der Waals surface area contributed by atoms with Gasteiger partial charge < -0.3 is 15.4 Å². The number of nitrogens with one attached hydrogen (secondary N) is 2. The molecule has 1 aliphatic rings. The summed E-state index contributed by atoms with van der Waals surface area (Å²) in [5.41, 5.74) is 1.16. The van der Waals surface area contributed by atoms with Gasteiger partial charge in [-0.2, -0.15) is 0 Å². The molecule has 0 saturated carbocycles. The zero-order valence-electron chi connectivity index (χ0n) is 10.6. The van der Waals surface area contributed by atoms with Crippen molar-refractivity contribution in [2.75, 3.05) is 13.0 Å². The molecule has 1 aromatic rings. The third kappa shape index (κ3) is 2.73. The van der Waals surface area contributed by atoms with Crippen LogP contribution in [0.3, 0.4) is 0 Å². The molecule has 1 heterocycles. The van der Waals surface area contributed by atoms with Gasteiger partial charge in [0.25, 0.3) is 0 Å². The number of methoxy groups -OCH3 is 1. The minimum Gasteiger partial charge on any atom is -0.466 e. The van der Waals surface area contributed by atoms with E-state index in [1.807, 2.05) is 0 Å². The minimum absolute atomic E-state index is 0.0151. The molecular formula is C13H12Cl2N2O3. The molecule has 0 radical (unpaired) electrons. The summed E-state index contributed by atoms with van der Waals surface area (Å²) in [6.45, 7) is 0. The third-order valence-electron chi connectivity index (χ3n) is 2.91. The van der Waals surface area contributed by atoms with Gasteiger partial charge >= 0.3 is 12.0 Å². The van der Waals surface area contributed by atoms with Crippen molar-refractivity contribution in [3.8, 4) is 0 Å². The van der Waals surface area contributed by atoms with Gasteiger partial charge in [-0.15, -0.1) is 11.6 Å². The topological polar surface area (TPSA) is 67.4 Å². The first-order valence-corrected chi connectivity index (χ1v) is 6.69. The van der Waals surface area contributed by atoms with Gasteiger partial charge in [0.15, 0.2) is 0 Å². The molecule has 106 valence electrons. The molecule has 20 heavy (non-hydrogen) atoms. The number of alkyl halides is 1. The van der Waals surface area contributed by atoms with Gasteiger partial charge in [-0.25, -0.2) is 9.59 Å². The molecule has 0 aliphatic carbocycles. The van der Waals surface area contributed by atoms with E-state index < -0.39 is 18.0 Å². The predicted octanol–water partition coefficient (Wildman–Crippen LogP) is 2.36. The zero-order chi connectivity index (χ0) is 14.7. The Morgan fingerprint density at radius 3 is 2.70 bits per heavy atom. The first kappa shape index (κ1) is 14.7. The molecule has 1 aromatic carbocycles. The number of esters is 1. The molecule has 7 heteroatoms. The average molecular weight is 315 g/mol. The second kappa shape index (κ2) is 6.15. The van der Waals surface area contributed by atoms with Crippen LogP contribution >= 0.6 is 23.2 Å². The summed E-state index contributed by atoms with van der Waals surface area (Å²) in [4.78, 5) is 23.6. The van der Waals surface area contributed by atoms with Crippen molar-refractivity contribution >= 4 is 35.2 Å². The Balaban J connectivity index is 2.56. The van der Waals surface area contributed by atoms with Crippen molar-refractivity contribution in [3.63, 3.8) is 0 Å². The lowest BCUT2D eigenvalue weighted by Gasteiger charge is -2.28. The highest BCUT2D eigenvalue weighted by atomic mass is 35.5. The van der Waals surface area contributed by atoms with E-state index in [1.54, 1.807) is 24.3 Å². The van der Waals surface area contributed by atoms with Gasteiger partial charge in [-0.1, -0.05) is 29.8 Å². The van der Waals surface area contributed by atoms with E-state index in [-0.39, 0.29) is 11.5 Å². The number of allylic oxidation sites excluding steroid dienone is 1. The highest BCUT2D eigenvalue weighted by Gasteiger charge is 2.33. The average Bonchev–Trinajstić information content (AvgIpc) is 2.46. The van der Waals surface area contributed by atoms with Gasteiger partial charge in [0.05, 0.1) is 24.6 Å². The second-order valence-corrected chi connectivity index (χ2v) is 4.74. The Labute approximate surface area is 125 Å². The minimum atomic E-state index is -0.696. The lowest BCUT2D eigenvalue weighted by atomic mass is 9.95. The Kier molecular flexibility index (Phi) is 4.52. The van der Waals surface area contributed by atoms with Crippen molar-refractivity contribution in [1.29, 1.82) is 0 Å². The number of hydrogen-bond acceptors (Lipinski definition) is 3. The summed E-state index contributed by atoms with van der Waals surface area (Å²) in [6, 6.07) is 5.80. The van der Waals surface area contributed by atoms with Crippen molar-refractivity contribution in [2.24, 2.45) is 0 Å². The van der Waals surface area contributed by atoms with Crippen molar-refractivity contribution in [1.82, 2.24) is 10.6 Å². The molecule has 1 atom stereocenters. The van der Waals surface area contributed by atoms with Crippen LogP contribution in [0.15, 0.2) is 35.5 Å². The number of carbonyl (C=O) groups excluding carboxylic acids is 2. The molecule has 1 aliphatic heterocycles. The van der Waals surface area contributed by atoms with Gasteiger partial charge in [0.2, 0.25) is 0 Å². The van der Waals surface area contributed by atoms with Crippen LogP contribution in [-0.4, -0.2) is 25.0 Å². The molecule has 2 amide bonds. The van der Waals surface area contributed by atoms with Crippen molar-refractivity contribution < 1.29 is 14.3 Å². The van der Waals surface area contributed by atoms with E-state index >= 15 is 0 Å². The van der Waals surface area contributed by atoms with Crippen molar-refractivity contribution in [3.05, 3.63) is 46.1 Å². The quantitative estimate of drug-likeness (QED) is 0.665. The molecule has 2 rings (SSSR count). The Morgan fingerprint density at radius 2 is 2.10 bits per heavy atom. The largest absolute Gasteiger partial charge is 0.466 e. The molecule has 2 N–H and O–H groups in total. The first-order chi connectivity index (χ1) is 9.58. The molecule has 5 nitrogen and oxygen atoms in total. The Morgan fingerprint density at radius 1 is 1.40 bits per heavy atom. The van der Waals surface area contributed by atoms with Gasteiger partial charge in [0.1, 0.15) is 0 Å². The fraction of sp³-hybridized carbons (Fsp3) is 0.231. The number of benzene rings is 1. The van der Waals surface area contributed by atoms with Gasteiger partial charge in [0, 0.05) is 10.7 Å². The summed E-state index contributed by atoms with van der Waals surface area (Å²) >= 11 is 11.9. The molecule has 0 spiro atoms. The monoisotopic (exact) mass is 314 g/mol. The summed E-state index contributed by atoms with van der Waals surface area (Å²) in [6.07, 6.45) is 0. The molecule has 0 bridgehead atoms. The number of carbonyl (C=O) groups is 2. The van der Waals surface area contributed by atoms with E-state index in [9.17, 15) is 9.59 Å². The van der Waals surface area contributed by atoms with Crippen LogP contribution < -0.4 is 10.6 Å². The van der Waals surface area contributed by atoms with E-state index in [2.05, 4.69) is 10.6 Å². The fourth-order valence-corrected chi connectivity index (χ4v) is 2.47. The normalized spacial score (nSPS) is 18.4. The van der Waals surface area contributed by atoms with Crippen molar-refractivity contribution in [2.45, 2.75) is 6.04 Å². The SMILES string of the molecule is COC(=O)C1=C(CCl)NC(=O)N[C@@H]1c1ccccc1Cl. The van der Waals surface area contributed by atoms with E-state index in [1.165, 1.54) is 7.11 Å². The molecule has 0 fully saturated rings. The predicted molar refractivity (Wildman–Crippen MR) is 75.6 cm³/mol. The Hall–Kier alpha value is -1.72. The number of ether oxygens (including phenoxy) is 1. The summed E-state index contributed by atoms with van der Waals surface area (Å²) in [5, 5.41) is 5.60. The second-order valence-electron chi connectivity index (χ2n) is 4.07. The fourth-order valence-electron chi connectivity index (χ4n) is 2.02. The lowest BCUT2D eigenvalue weighted by Crippen LogP contribution is -2.46. The maximum atomic E-state index is 12.0. The standard InChI is InChI=1S/C13H12Cl2N2O3/c1-20-12(18)10-9(6-14)16-13(19)17-11(10)7-4-2-3-5-8(7)15/h2-5,11H,6H2,1H3,(H2,16,17,19)/t11-/m1/s1. The molecule has 0 saturated heterocycles. The highest BCUT2D eigenvalue weighted by Crippen LogP contribution is 2.32. The summed E-state index contributed by atoms with van der Waals surface area (Å²) in [7, 11) is 1.27. The van der Waals surface area contributed by atoms with Crippen LogP contribution in [0.2, 0.25) is 5.02 Å². The van der Waals surface area contributed by atoms with Gasteiger partial charge in [-0.3, -0.25) is 0 Å². The van der Waals surface area contributed by atoms with E-state index in [0.717, 1.165) is 0 Å². The smallest absolute Gasteiger partial charge is 0.338 e. The van der Waals surface area contributed by atoms with Crippen LogP contribution in [0.4, 0.5) is 4.79 Å². The number of urea groups is 1. The highest BCUT2D eigenvalue weighted by molar-refractivity contribution is 6.31. The molecule has 0 aromatic heterocycles. The molecule has 0 unspecified atom stereocenters. The zero-order valence-corrected chi connectivity index (χ0v) is 12.1. The number of hydrogen-bond donors (Lipinski definition) is 2. The third-order valence-corrected chi connectivity index (χ3v) is 3.52. The first-order valence-electron chi connectivity index (χ1n) is 5.77. The van der Waals surface area contributed by atoms with Crippen LogP contribution in [0, 0.1) is 0 Å². The summed E-state index contributed by atoms with van der Waals surface area (Å²) in [5.74, 6) is -0.586. The Bertz CT molecular complexity index is 587. The summed E-state index contributed by atoms with van der Waals surface area (Å²) < 4.78 is 4.76. The maximum Gasteiger partial charge on any atom is 0.338 e. The molecular weight excluding hydrogens is 303 g/mol. The maximum absolute atomic E-state index is 12.0. The van der Waals surface area contributed by atoms with E-state index in [4.69, 9.17) is 27.9 Å². The van der Waals surface area contributed by atoms with Crippen LogP contribution in [0.25, 0.3) is 0 Å². The van der Waals surface area contributed by atoms with E-state index in [0.29, 0.717) is 16.3 Å². The number of halogens is 2.